The van der Waals surface area contributed by atoms with E-state index < -0.39 is 0 Å². The molecule has 0 N–H and O–H groups in total. The number of ether oxygens (including phenoxy) is 1. The largest absolute Gasteiger partial charge is 0.490 e. The molecule has 1 heterocycles. The number of rotatable bonds is 1. The van der Waals surface area contributed by atoms with E-state index in [1.165, 1.54) is 16.7 Å². The lowest BCUT2D eigenvalue weighted by atomic mass is 9.97. The van der Waals surface area contributed by atoms with Crippen molar-refractivity contribution >= 4 is 0 Å². The number of hydrogen-bond acceptors (Lipinski definition) is 1. The molecule has 0 bridgehead atoms. The summed E-state index contributed by atoms with van der Waals surface area (Å²) in [6, 6.07) is 16.8. The fraction of sp³-hybridized carbons (Fsp3) is 0.200. The van der Waals surface area contributed by atoms with Crippen LogP contribution in [-0.4, -0.2) is 6.10 Å². The van der Waals surface area contributed by atoms with Crippen LogP contribution in [0.3, 0.4) is 0 Å². The van der Waals surface area contributed by atoms with Gasteiger partial charge in [-0.2, -0.15) is 0 Å². The maximum absolute atomic E-state index is 5.77. The predicted molar refractivity (Wildman–Crippen MR) is 65.7 cm³/mol. The Bertz CT molecular complexity index is 502. The Kier molecular flexibility index (Phi) is 2.17. The topological polar surface area (TPSA) is 9.23 Å². The van der Waals surface area contributed by atoms with Crippen molar-refractivity contribution in [2.24, 2.45) is 0 Å². The van der Waals surface area contributed by atoms with E-state index in [1.807, 2.05) is 6.07 Å². The Balaban J connectivity index is 2.14. The summed E-state index contributed by atoms with van der Waals surface area (Å²) in [5, 5.41) is 0. The highest BCUT2D eigenvalue weighted by Gasteiger charge is 2.21. The summed E-state index contributed by atoms with van der Waals surface area (Å²) in [4.78, 5) is 0. The third-order valence-corrected chi connectivity index (χ3v) is 3.04. The lowest BCUT2D eigenvalue weighted by Crippen LogP contribution is -2.05. The van der Waals surface area contributed by atoms with Crippen molar-refractivity contribution in [2.75, 3.05) is 0 Å². The minimum absolute atomic E-state index is 0.305. The molecule has 1 unspecified atom stereocenters. The van der Waals surface area contributed by atoms with E-state index >= 15 is 0 Å². The van der Waals surface area contributed by atoms with Crippen LogP contribution < -0.4 is 4.74 Å². The molecule has 2 aromatic rings. The van der Waals surface area contributed by atoms with Gasteiger partial charge in [0, 0.05) is 12.0 Å². The second-order valence-corrected chi connectivity index (χ2v) is 4.28. The van der Waals surface area contributed by atoms with Crippen molar-refractivity contribution in [1.29, 1.82) is 0 Å². The van der Waals surface area contributed by atoms with Crippen LogP contribution in [0.5, 0.6) is 5.75 Å². The van der Waals surface area contributed by atoms with Crippen LogP contribution in [-0.2, 0) is 6.42 Å². The molecule has 1 nitrogen and oxygen atoms in total. The summed E-state index contributed by atoms with van der Waals surface area (Å²) in [6.45, 7) is 2.12. The van der Waals surface area contributed by atoms with Crippen LogP contribution in [0.2, 0.25) is 0 Å². The molecule has 16 heavy (non-hydrogen) atoms. The van der Waals surface area contributed by atoms with Gasteiger partial charge in [0.15, 0.2) is 0 Å². The molecule has 0 saturated carbocycles. The Labute approximate surface area is 95.7 Å². The van der Waals surface area contributed by atoms with Gasteiger partial charge in [0.25, 0.3) is 0 Å². The molecule has 0 radical (unpaired) electrons. The van der Waals surface area contributed by atoms with Gasteiger partial charge in [0.05, 0.1) is 0 Å². The Morgan fingerprint density at radius 3 is 2.62 bits per heavy atom. The molecule has 2 aromatic carbocycles. The molecule has 1 aliphatic rings. The summed E-state index contributed by atoms with van der Waals surface area (Å²) >= 11 is 0. The first-order chi connectivity index (χ1) is 7.84. The van der Waals surface area contributed by atoms with E-state index in [-0.39, 0.29) is 0 Å². The third-order valence-electron chi connectivity index (χ3n) is 3.04. The molecule has 0 spiro atoms. The van der Waals surface area contributed by atoms with Crippen LogP contribution in [0.1, 0.15) is 12.5 Å². The minimum atomic E-state index is 0.305. The predicted octanol–water partition coefficient (Wildman–Crippen LogP) is 3.68. The zero-order valence-corrected chi connectivity index (χ0v) is 9.31. The van der Waals surface area contributed by atoms with Crippen LogP contribution in [0.25, 0.3) is 11.1 Å². The molecular weight excluding hydrogens is 196 g/mol. The van der Waals surface area contributed by atoms with E-state index in [4.69, 9.17) is 4.74 Å². The summed E-state index contributed by atoms with van der Waals surface area (Å²) in [5.74, 6) is 1.05. The van der Waals surface area contributed by atoms with Crippen molar-refractivity contribution < 1.29 is 4.74 Å². The highest BCUT2D eigenvalue weighted by Crippen LogP contribution is 2.36. The average molecular weight is 210 g/mol. The van der Waals surface area contributed by atoms with E-state index in [1.54, 1.807) is 0 Å². The SMILES string of the molecule is CC1Cc2c(cccc2-c2ccccc2)O1. The van der Waals surface area contributed by atoms with E-state index in [9.17, 15) is 0 Å². The van der Waals surface area contributed by atoms with E-state index in [0.717, 1.165) is 12.2 Å². The number of benzene rings is 2. The summed E-state index contributed by atoms with van der Waals surface area (Å²) in [5.41, 5.74) is 3.93. The van der Waals surface area contributed by atoms with Crippen LogP contribution in [0.4, 0.5) is 0 Å². The summed E-state index contributed by atoms with van der Waals surface area (Å²) < 4.78 is 5.77. The molecule has 80 valence electrons. The van der Waals surface area contributed by atoms with Crippen LogP contribution in [0.15, 0.2) is 48.5 Å². The van der Waals surface area contributed by atoms with Gasteiger partial charge < -0.3 is 4.74 Å². The molecule has 3 rings (SSSR count). The normalized spacial score (nSPS) is 17.9. The Morgan fingerprint density at radius 2 is 1.81 bits per heavy atom. The van der Waals surface area contributed by atoms with Gasteiger partial charge in [-0.15, -0.1) is 0 Å². The molecule has 0 amide bonds. The fourth-order valence-corrected chi connectivity index (χ4v) is 2.32. The highest BCUT2D eigenvalue weighted by atomic mass is 16.5. The molecule has 1 heteroatoms. The van der Waals surface area contributed by atoms with E-state index in [2.05, 4.69) is 49.4 Å². The first-order valence-corrected chi connectivity index (χ1v) is 5.68. The molecule has 0 fully saturated rings. The van der Waals surface area contributed by atoms with Gasteiger partial charge in [-0.05, 0) is 24.1 Å². The zero-order chi connectivity index (χ0) is 11.0. The number of hydrogen-bond donors (Lipinski definition) is 0. The zero-order valence-electron chi connectivity index (χ0n) is 9.31. The van der Waals surface area contributed by atoms with Crippen molar-refractivity contribution in [3.05, 3.63) is 54.1 Å². The van der Waals surface area contributed by atoms with Gasteiger partial charge in [-0.3, -0.25) is 0 Å². The van der Waals surface area contributed by atoms with Crippen LogP contribution in [0, 0.1) is 0 Å². The standard InChI is InChI=1S/C15H14O/c1-11-10-14-13(8-5-9-15(14)16-11)12-6-3-2-4-7-12/h2-9,11H,10H2,1H3. The molecule has 0 aromatic heterocycles. The van der Waals surface area contributed by atoms with E-state index in [0.29, 0.717) is 6.10 Å². The van der Waals surface area contributed by atoms with Crippen molar-refractivity contribution in [3.63, 3.8) is 0 Å². The lowest BCUT2D eigenvalue weighted by molar-refractivity contribution is 0.254. The quantitative estimate of drug-likeness (QED) is 0.697. The fourth-order valence-electron chi connectivity index (χ4n) is 2.32. The van der Waals surface area contributed by atoms with Gasteiger partial charge in [-0.1, -0.05) is 42.5 Å². The van der Waals surface area contributed by atoms with Gasteiger partial charge in [-0.25, -0.2) is 0 Å². The maximum Gasteiger partial charge on any atom is 0.123 e. The molecule has 1 atom stereocenters. The first-order valence-electron chi connectivity index (χ1n) is 5.68. The average Bonchev–Trinajstić information content (AvgIpc) is 2.70. The summed E-state index contributed by atoms with van der Waals surface area (Å²) in [6.07, 6.45) is 1.32. The van der Waals surface area contributed by atoms with Gasteiger partial charge in [0.2, 0.25) is 0 Å². The van der Waals surface area contributed by atoms with Crippen molar-refractivity contribution in [2.45, 2.75) is 19.4 Å². The highest BCUT2D eigenvalue weighted by molar-refractivity contribution is 5.70. The van der Waals surface area contributed by atoms with Crippen molar-refractivity contribution in [3.8, 4) is 16.9 Å². The lowest BCUT2D eigenvalue weighted by Gasteiger charge is -2.06. The molecule has 1 aliphatic heterocycles. The monoisotopic (exact) mass is 210 g/mol. The van der Waals surface area contributed by atoms with Crippen molar-refractivity contribution in [1.82, 2.24) is 0 Å². The Hall–Kier alpha value is -1.76. The molecule has 0 aliphatic carbocycles. The number of fused-ring (bicyclic) bond motifs is 1. The van der Waals surface area contributed by atoms with Gasteiger partial charge in [0.1, 0.15) is 11.9 Å². The second kappa shape index (κ2) is 3.67. The van der Waals surface area contributed by atoms with Crippen LogP contribution >= 0.6 is 0 Å². The Morgan fingerprint density at radius 1 is 1.00 bits per heavy atom. The molecular formula is C15H14O. The first kappa shape index (κ1) is 9.46. The second-order valence-electron chi connectivity index (χ2n) is 4.28. The third kappa shape index (κ3) is 1.49. The minimum Gasteiger partial charge on any atom is -0.490 e. The smallest absolute Gasteiger partial charge is 0.123 e. The molecule has 0 saturated heterocycles. The maximum atomic E-state index is 5.77. The van der Waals surface area contributed by atoms with Gasteiger partial charge >= 0.3 is 0 Å². The summed E-state index contributed by atoms with van der Waals surface area (Å²) in [7, 11) is 0.